The normalized spacial score (nSPS) is 23.9. The Morgan fingerprint density at radius 1 is 1.45 bits per heavy atom. The van der Waals surface area contributed by atoms with Crippen LogP contribution < -0.4 is 4.90 Å². The molecule has 1 aromatic rings. The summed E-state index contributed by atoms with van der Waals surface area (Å²) in [6, 6.07) is -0.810. The zero-order valence-corrected chi connectivity index (χ0v) is 10.9. The van der Waals surface area contributed by atoms with E-state index in [1.54, 1.807) is 0 Å². The second-order valence-electron chi connectivity index (χ2n) is 4.32. The number of halogens is 3. The molecular formula is C10H13F3N4O3. The van der Waals surface area contributed by atoms with E-state index in [2.05, 4.69) is 5.10 Å². The van der Waals surface area contributed by atoms with E-state index in [0.717, 1.165) is 17.0 Å². The number of aromatic nitrogens is 2. The number of carbonyl (C=O) groups excluding carboxylic acids is 1. The molecule has 0 aliphatic carbocycles. The highest BCUT2D eigenvalue weighted by Gasteiger charge is 2.46. The van der Waals surface area contributed by atoms with Gasteiger partial charge < -0.3 is 5.11 Å². The summed E-state index contributed by atoms with van der Waals surface area (Å²) in [5, 5.41) is 14.4. The van der Waals surface area contributed by atoms with Crippen LogP contribution in [0.3, 0.4) is 0 Å². The number of aliphatic hydroxyl groups is 1. The van der Waals surface area contributed by atoms with Crippen molar-refractivity contribution in [3.63, 3.8) is 0 Å². The first-order chi connectivity index (χ1) is 9.18. The van der Waals surface area contributed by atoms with Crippen molar-refractivity contribution in [3.8, 4) is 0 Å². The van der Waals surface area contributed by atoms with Crippen molar-refractivity contribution >= 4 is 11.8 Å². The Bertz CT molecular complexity index is 530. The minimum Gasteiger partial charge on any atom is -0.371 e. The van der Waals surface area contributed by atoms with Gasteiger partial charge in [0.1, 0.15) is 11.7 Å². The van der Waals surface area contributed by atoms with E-state index in [1.165, 1.54) is 14.0 Å². The van der Waals surface area contributed by atoms with Crippen LogP contribution in [0.5, 0.6) is 0 Å². The number of urea groups is 1. The molecule has 1 saturated heterocycles. The maximum absolute atomic E-state index is 12.7. The van der Waals surface area contributed by atoms with Gasteiger partial charge in [0.15, 0.2) is 12.0 Å². The number of alkyl halides is 3. The number of hydroxylamine groups is 2. The van der Waals surface area contributed by atoms with Gasteiger partial charge >= 0.3 is 12.2 Å². The number of amides is 2. The van der Waals surface area contributed by atoms with Gasteiger partial charge in [-0.25, -0.2) is 9.69 Å². The van der Waals surface area contributed by atoms with Crippen LogP contribution in [-0.2, 0) is 18.1 Å². The SMILES string of the molecule is CON1C(=O)N(c2cc(C(F)(F)F)n(C)n2)C(O)C1C. The van der Waals surface area contributed by atoms with Crippen LogP contribution in [0.25, 0.3) is 0 Å². The number of aliphatic hydroxyl groups excluding tert-OH is 1. The number of carbonyl (C=O) groups is 1. The fraction of sp³-hybridized carbons (Fsp3) is 0.600. The summed E-state index contributed by atoms with van der Waals surface area (Å²) in [5.74, 6) is -0.288. The monoisotopic (exact) mass is 294 g/mol. The first-order valence-corrected chi connectivity index (χ1v) is 5.64. The summed E-state index contributed by atoms with van der Waals surface area (Å²) in [6.07, 6.45) is -5.95. The molecular weight excluding hydrogens is 281 g/mol. The largest absolute Gasteiger partial charge is 0.433 e. The highest BCUT2D eigenvalue weighted by Crippen LogP contribution is 2.33. The zero-order chi connectivity index (χ0) is 15.2. The fourth-order valence-electron chi connectivity index (χ4n) is 2.04. The lowest BCUT2D eigenvalue weighted by Gasteiger charge is -2.16. The van der Waals surface area contributed by atoms with Crippen LogP contribution in [0.1, 0.15) is 12.6 Å². The van der Waals surface area contributed by atoms with Gasteiger partial charge in [0.25, 0.3) is 0 Å². The van der Waals surface area contributed by atoms with Crippen molar-refractivity contribution < 1.29 is 27.9 Å². The number of aryl methyl sites for hydroxylation is 1. The van der Waals surface area contributed by atoms with Crippen molar-refractivity contribution in [2.45, 2.75) is 25.4 Å². The Morgan fingerprint density at radius 2 is 2.05 bits per heavy atom. The Hall–Kier alpha value is -1.81. The van der Waals surface area contributed by atoms with Crippen LogP contribution in [0.2, 0.25) is 0 Å². The molecule has 1 fully saturated rings. The first kappa shape index (κ1) is 14.6. The molecule has 0 aromatic carbocycles. The number of nitrogens with zero attached hydrogens (tertiary/aromatic N) is 4. The average molecular weight is 294 g/mol. The van der Waals surface area contributed by atoms with E-state index in [1.807, 2.05) is 0 Å². The Kier molecular flexibility index (Phi) is 3.38. The Balaban J connectivity index is 2.40. The molecule has 0 spiro atoms. The van der Waals surface area contributed by atoms with E-state index < -0.39 is 30.2 Å². The van der Waals surface area contributed by atoms with Gasteiger partial charge in [-0.15, -0.1) is 0 Å². The molecule has 7 nitrogen and oxygen atoms in total. The van der Waals surface area contributed by atoms with E-state index in [0.29, 0.717) is 10.7 Å². The summed E-state index contributed by atoms with van der Waals surface area (Å²) >= 11 is 0. The standard InChI is InChI=1S/C10H13F3N4O3/c1-5-8(18)16(9(19)17(5)20-3)7-4-6(10(11,12)13)15(2)14-7/h4-5,8,18H,1-3H3. The van der Waals surface area contributed by atoms with Gasteiger partial charge in [-0.1, -0.05) is 0 Å². The third kappa shape index (κ3) is 2.10. The highest BCUT2D eigenvalue weighted by molar-refractivity contribution is 5.93. The van der Waals surface area contributed by atoms with Gasteiger partial charge in [-0.05, 0) is 6.92 Å². The van der Waals surface area contributed by atoms with Crippen LogP contribution in [0.4, 0.5) is 23.8 Å². The molecule has 0 bridgehead atoms. The van der Waals surface area contributed by atoms with Gasteiger partial charge in [0.05, 0.1) is 7.11 Å². The van der Waals surface area contributed by atoms with Crippen molar-refractivity contribution in [2.75, 3.05) is 12.0 Å². The van der Waals surface area contributed by atoms with Gasteiger partial charge in [0, 0.05) is 13.1 Å². The molecule has 2 amide bonds. The third-order valence-corrected chi connectivity index (χ3v) is 3.06. The molecule has 1 aromatic heterocycles. The summed E-state index contributed by atoms with van der Waals surface area (Å²) in [6.45, 7) is 1.50. The number of anilines is 1. The summed E-state index contributed by atoms with van der Waals surface area (Å²) in [4.78, 5) is 17.5. The van der Waals surface area contributed by atoms with Gasteiger partial charge in [-0.2, -0.15) is 23.3 Å². The van der Waals surface area contributed by atoms with Crippen molar-refractivity contribution in [3.05, 3.63) is 11.8 Å². The van der Waals surface area contributed by atoms with Crippen molar-refractivity contribution in [2.24, 2.45) is 7.05 Å². The molecule has 1 N–H and O–H groups in total. The maximum atomic E-state index is 12.7. The van der Waals surface area contributed by atoms with Gasteiger partial charge in [0.2, 0.25) is 0 Å². The molecule has 2 unspecified atom stereocenters. The number of hydrogen-bond donors (Lipinski definition) is 1. The van der Waals surface area contributed by atoms with Crippen LogP contribution in [0.15, 0.2) is 6.07 Å². The van der Waals surface area contributed by atoms with E-state index in [4.69, 9.17) is 4.84 Å². The topological polar surface area (TPSA) is 70.8 Å². The van der Waals surface area contributed by atoms with E-state index in [-0.39, 0.29) is 5.82 Å². The third-order valence-electron chi connectivity index (χ3n) is 3.06. The molecule has 1 aliphatic rings. The van der Waals surface area contributed by atoms with E-state index in [9.17, 15) is 23.1 Å². The minimum atomic E-state index is -4.60. The average Bonchev–Trinajstić information content (AvgIpc) is 2.79. The fourth-order valence-corrected chi connectivity index (χ4v) is 2.04. The van der Waals surface area contributed by atoms with Crippen LogP contribution in [-0.4, -0.2) is 45.4 Å². The molecule has 0 radical (unpaired) electrons. The minimum absolute atomic E-state index is 0.288. The number of hydrogen-bond acceptors (Lipinski definition) is 4. The van der Waals surface area contributed by atoms with Crippen LogP contribution >= 0.6 is 0 Å². The smallest absolute Gasteiger partial charge is 0.371 e. The van der Waals surface area contributed by atoms with E-state index >= 15 is 0 Å². The van der Waals surface area contributed by atoms with Crippen LogP contribution in [0, 0.1) is 0 Å². The lowest BCUT2D eigenvalue weighted by atomic mass is 10.3. The molecule has 2 heterocycles. The molecule has 2 atom stereocenters. The van der Waals surface area contributed by atoms with Crippen molar-refractivity contribution in [1.82, 2.24) is 14.8 Å². The maximum Gasteiger partial charge on any atom is 0.433 e. The molecule has 20 heavy (non-hydrogen) atoms. The van der Waals surface area contributed by atoms with Crippen molar-refractivity contribution in [1.29, 1.82) is 0 Å². The summed E-state index contributed by atoms with van der Waals surface area (Å²) in [7, 11) is 2.33. The Labute approximate surface area is 112 Å². The molecule has 2 rings (SSSR count). The molecule has 112 valence electrons. The second-order valence-corrected chi connectivity index (χ2v) is 4.32. The predicted molar refractivity (Wildman–Crippen MR) is 60.4 cm³/mol. The first-order valence-electron chi connectivity index (χ1n) is 5.64. The predicted octanol–water partition coefficient (Wildman–Crippen LogP) is 0.949. The lowest BCUT2D eigenvalue weighted by molar-refractivity contribution is -0.143. The molecule has 1 aliphatic heterocycles. The summed E-state index contributed by atoms with van der Waals surface area (Å²) in [5.41, 5.74) is -1.02. The zero-order valence-electron chi connectivity index (χ0n) is 10.9. The molecule has 10 heteroatoms. The highest BCUT2D eigenvalue weighted by atomic mass is 19.4. The second kappa shape index (κ2) is 4.63. The summed E-state index contributed by atoms with van der Waals surface area (Å²) < 4.78 is 38.7. The van der Waals surface area contributed by atoms with Gasteiger partial charge in [-0.3, -0.25) is 9.52 Å². The quantitative estimate of drug-likeness (QED) is 0.881. The Morgan fingerprint density at radius 3 is 2.45 bits per heavy atom. The number of rotatable bonds is 2. The molecule has 0 saturated carbocycles. The lowest BCUT2D eigenvalue weighted by Crippen LogP contribution is -2.35.